The molecular weight excluding hydrogens is 314 g/mol. The van der Waals surface area contributed by atoms with E-state index in [0.29, 0.717) is 6.42 Å². The molecule has 6 heteroatoms. The van der Waals surface area contributed by atoms with Crippen LogP contribution in [0.3, 0.4) is 0 Å². The first-order chi connectivity index (χ1) is 11.0. The molecule has 0 bridgehead atoms. The summed E-state index contributed by atoms with van der Waals surface area (Å²) in [7, 11) is -2.98. The van der Waals surface area contributed by atoms with Gasteiger partial charge in [0.05, 0.1) is 24.2 Å². The number of aryl methyl sites for hydroxylation is 2. The molecular formula is C17H19NO4S. The van der Waals surface area contributed by atoms with Crippen LogP contribution in [-0.2, 0) is 33.9 Å². The molecule has 2 aliphatic rings. The van der Waals surface area contributed by atoms with Crippen molar-refractivity contribution in [2.75, 3.05) is 11.5 Å². The highest BCUT2D eigenvalue weighted by Gasteiger charge is 2.29. The van der Waals surface area contributed by atoms with E-state index in [1.807, 2.05) is 0 Å². The summed E-state index contributed by atoms with van der Waals surface area (Å²) in [6.07, 6.45) is 5.73. The van der Waals surface area contributed by atoms with Crippen LogP contribution in [0.5, 0.6) is 0 Å². The topological polar surface area (TPSA) is 76.4 Å². The largest absolute Gasteiger partial charge is 0.464 e. The fourth-order valence-corrected chi connectivity index (χ4v) is 5.32. The Morgan fingerprint density at radius 2 is 2.04 bits per heavy atom. The second-order valence-corrected chi connectivity index (χ2v) is 8.80. The minimum Gasteiger partial charge on any atom is -0.464 e. The van der Waals surface area contributed by atoms with Gasteiger partial charge in [-0.25, -0.2) is 8.42 Å². The maximum Gasteiger partial charge on any atom is 0.224 e. The van der Waals surface area contributed by atoms with Crippen LogP contribution < -0.4 is 5.32 Å². The van der Waals surface area contributed by atoms with Gasteiger partial charge in [0.2, 0.25) is 5.91 Å². The summed E-state index contributed by atoms with van der Waals surface area (Å²) in [4.78, 5) is 12.2. The second kappa shape index (κ2) is 5.37. The van der Waals surface area contributed by atoms with Crippen LogP contribution in [0.4, 0.5) is 0 Å². The molecule has 1 N–H and O–H groups in total. The summed E-state index contributed by atoms with van der Waals surface area (Å²) >= 11 is 0. The third-order valence-electron chi connectivity index (χ3n) is 4.82. The normalized spacial score (nSPS) is 22.3. The lowest BCUT2D eigenvalue weighted by Gasteiger charge is -2.10. The van der Waals surface area contributed by atoms with Gasteiger partial charge < -0.3 is 9.73 Å². The second-order valence-electron chi connectivity index (χ2n) is 6.58. The zero-order valence-electron chi connectivity index (χ0n) is 12.8. The molecule has 1 atom stereocenters. The van der Waals surface area contributed by atoms with Crippen molar-refractivity contribution in [1.82, 2.24) is 5.32 Å². The van der Waals surface area contributed by atoms with Crippen LogP contribution in [0.15, 0.2) is 22.8 Å². The third kappa shape index (κ3) is 2.87. The summed E-state index contributed by atoms with van der Waals surface area (Å²) < 4.78 is 28.5. The summed E-state index contributed by atoms with van der Waals surface area (Å²) in [5.74, 6) is 0.0761. The summed E-state index contributed by atoms with van der Waals surface area (Å²) in [6.45, 7) is 0. The van der Waals surface area contributed by atoms with Gasteiger partial charge in [-0.05, 0) is 48.9 Å². The predicted molar refractivity (Wildman–Crippen MR) is 87.1 cm³/mol. The lowest BCUT2D eigenvalue weighted by molar-refractivity contribution is -0.120. The van der Waals surface area contributed by atoms with Gasteiger partial charge in [0.15, 0.2) is 9.84 Å². The smallest absolute Gasteiger partial charge is 0.224 e. The van der Waals surface area contributed by atoms with E-state index < -0.39 is 9.84 Å². The molecule has 1 fully saturated rings. The Morgan fingerprint density at radius 1 is 1.26 bits per heavy atom. The van der Waals surface area contributed by atoms with Crippen molar-refractivity contribution >= 4 is 26.7 Å². The molecule has 1 aromatic carbocycles. The van der Waals surface area contributed by atoms with Gasteiger partial charge in [-0.3, -0.25) is 4.79 Å². The maximum atomic E-state index is 12.2. The van der Waals surface area contributed by atoms with E-state index in [4.69, 9.17) is 4.42 Å². The van der Waals surface area contributed by atoms with E-state index in [1.54, 1.807) is 6.26 Å². The maximum absolute atomic E-state index is 12.2. The molecule has 1 aliphatic carbocycles. The van der Waals surface area contributed by atoms with Crippen molar-refractivity contribution in [2.24, 2.45) is 0 Å². The Kier molecular flexibility index (Phi) is 3.44. The van der Waals surface area contributed by atoms with Crippen molar-refractivity contribution in [3.63, 3.8) is 0 Å². The fraction of sp³-hybridized carbons (Fsp3) is 0.471. The van der Waals surface area contributed by atoms with E-state index in [0.717, 1.165) is 29.4 Å². The number of benzene rings is 1. The lowest BCUT2D eigenvalue weighted by Crippen LogP contribution is -2.36. The predicted octanol–water partition coefficient (Wildman–Crippen LogP) is 1.77. The number of hydrogen-bond acceptors (Lipinski definition) is 4. The quantitative estimate of drug-likeness (QED) is 0.929. The van der Waals surface area contributed by atoms with Crippen molar-refractivity contribution in [3.8, 4) is 0 Å². The van der Waals surface area contributed by atoms with E-state index in [1.165, 1.54) is 17.5 Å². The first-order valence-corrected chi connectivity index (χ1v) is 9.84. The van der Waals surface area contributed by atoms with Crippen molar-refractivity contribution in [1.29, 1.82) is 0 Å². The molecule has 0 radical (unpaired) electrons. The number of carbonyl (C=O) groups excluding carboxylic acids is 1. The Morgan fingerprint density at radius 3 is 2.78 bits per heavy atom. The molecule has 1 unspecified atom stereocenters. The summed E-state index contributed by atoms with van der Waals surface area (Å²) in [5, 5.41) is 3.83. The van der Waals surface area contributed by atoms with Crippen LogP contribution in [-0.4, -0.2) is 31.9 Å². The van der Waals surface area contributed by atoms with Crippen molar-refractivity contribution in [2.45, 2.75) is 38.1 Å². The molecule has 122 valence electrons. The highest BCUT2D eigenvalue weighted by atomic mass is 32.2. The molecule has 1 saturated heterocycles. The number of fused-ring (bicyclic) bond motifs is 2. The van der Waals surface area contributed by atoms with Crippen LogP contribution in [0, 0.1) is 0 Å². The molecule has 4 rings (SSSR count). The van der Waals surface area contributed by atoms with Crippen LogP contribution in [0.2, 0.25) is 0 Å². The van der Waals surface area contributed by atoms with Gasteiger partial charge in [-0.15, -0.1) is 0 Å². The number of hydrogen-bond donors (Lipinski definition) is 1. The zero-order chi connectivity index (χ0) is 16.0. The van der Waals surface area contributed by atoms with Gasteiger partial charge in [0, 0.05) is 17.0 Å². The third-order valence-corrected chi connectivity index (χ3v) is 6.58. The SMILES string of the molecule is O=C(Cc1coc2cc3c(cc12)CCC3)NC1CCS(=O)(=O)C1. The van der Waals surface area contributed by atoms with Gasteiger partial charge in [-0.2, -0.15) is 0 Å². The van der Waals surface area contributed by atoms with E-state index in [2.05, 4.69) is 17.4 Å². The number of sulfone groups is 1. The Bertz CT molecular complexity index is 881. The molecule has 1 aromatic heterocycles. The Balaban J connectivity index is 1.50. The average Bonchev–Trinajstić information content (AvgIpc) is 3.16. The standard InChI is InChI=1S/C17H19NO4S/c19-17(18-14-4-5-23(20,21)10-14)8-13-9-22-16-7-12-3-1-2-11(12)6-15(13)16/h6-7,9,14H,1-5,8,10H2,(H,18,19). The molecule has 5 nitrogen and oxygen atoms in total. The van der Waals surface area contributed by atoms with E-state index in [9.17, 15) is 13.2 Å². The van der Waals surface area contributed by atoms with Gasteiger partial charge >= 0.3 is 0 Å². The highest BCUT2D eigenvalue weighted by molar-refractivity contribution is 7.91. The Labute approximate surface area is 135 Å². The minimum absolute atomic E-state index is 0.0540. The number of nitrogens with one attached hydrogen (secondary N) is 1. The molecule has 23 heavy (non-hydrogen) atoms. The molecule has 1 amide bonds. The zero-order valence-corrected chi connectivity index (χ0v) is 13.6. The molecule has 1 aliphatic heterocycles. The van der Waals surface area contributed by atoms with Gasteiger partial charge in [-0.1, -0.05) is 0 Å². The fourth-order valence-electron chi connectivity index (χ4n) is 3.65. The van der Waals surface area contributed by atoms with Gasteiger partial charge in [0.25, 0.3) is 0 Å². The number of amides is 1. The van der Waals surface area contributed by atoms with Crippen LogP contribution in [0.1, 0.15) is 29.5 Å². The van der Waals surface area contributed by atoms with E-state index >= 15 is 0 Å². The lowest BCUT2D eigenvalue weighted by atomic mass is 10.0. The molecule has 2 aromatic rings. The number of rotatable bonds is 3. The first-order valence-electron chi connectivity index (χ1n) is 8.02. The number of furan rings is 1. The molecule has 2 heterocycles. The summed E-state index contributed by atoms with van der Waals surface area (Å²) in [6, 6.07) is 3.97. The minimum atomic E-state index is -2.98. The molecule has 0 spiro atoms. The van der Waals surface area contributed by atoms with Crippen LogP contribution in [0.25, 0.3) is 11.0 Å². The van der Waals surface area contributed by atoms with Crippen molar-refractivity contribution < 1.29 is 17.6 Å². The van der Waals surface area contributed by atoms with E-state index in [-0.39, 0.29) is 29.9 Å². The summed E-state index contributed by atoms with van der Waals surface area (Å²) in [5.41, 5.74) is 4.39. The number of carbonyl (C=O) groups is 1. The van der Waals surface area contributed by atoms with Gasteiger partial charge in [0.1, 0.15) is 5.58 Å². The monoisotopic (exact) mass is 333 g/mol. The first kappa shape index (κ1) is 14.8. The molecule has 0 saturated carbocycles. The highest BCUT2D eigenvalue weighted by Crippen LogP contribution is 2.30. The average molecular weight is 333 g/mol. The Hall–Kier alpha value is -1.82. The van der Waals surface area contributed by atoms with Crippen molar-refractivity contribution in [3.05, 3.63) is 35.1 Å². The van der Waals surface area contributed by atoms with Crippen LogP contribution >= 0.6 is 0 Å².